The summed E-state index contributed by atoms with van der Waals surface area (Å²) in [6.07, 6.45) is 13.6. The van der Waals surface area contributed by atoms with Crippen LogP contribution >= 0.6 is 0 Å². The van der Waals surface area contributed by atoms with Gasteiger partial charge in [0.15, 0.2) is 0 Å². The van der Waals surface area contributed by atoms with E-state index in [9.17, 15) is 0 Å². The highest BCUT2D eigenvalue weighted by atomic mass is 14.4. The predicted octanol–water partition coefficient (Wildman–Crippen LogP) is 6.09. The number of fused-ring (bicyclic) bond motifs is 1. The van der Waals surface area contributed by atoms with E-state index in [1.54, 1.807) is 0 Å². The number of allylic oxidation sites excluding steroid dienone is 4. The van der Waals surface area contributed by atoms with Crippen LogP contribution in [0.2, 0.25) is 0 Å². The molecule has 0 aromatic heterocycles. The Hall–Kier alpha value is -2.34. The summed E-state index contributed by atoms with van der Waals surface area (Å²) in [5.74, 6) is 1.75. The minimum Gasteiger partial charge on any atom is -0.0985 e. The minimum absolute atomic E-state index is 0.852. The molecule has 0 bridgehead atoms. The van der Waals surface area contributed by atoms with Crippen molar-refractivity contribution in [3.8, 4) is 0 Å². The first-order valence-corrected chi connectivity index (χ1v) is 9.00. The van der Waals surface area contributed by atoms with Crippen LogP contribution in [0.4, 0.5) is 0 Å². The second-order valence-corrected chi connectivity index (χ2v) is 7.08. The normalized spacial score (nSPS) is 21.6. The lowest BCUT2D eigenvalue weighted by Crippen LogP contribution is -1.93. The number of benzene rings is 2. The van der Waals surface area contributed by atoms with Gasteiger partial charge in [-0.1, -0.05) is 79.4 Å². The van der Waals surface area contributed by atoms with Gasteiger partial charge in [0, 0.05) is 0 Å². The average Bonchev–Trinajstić information content (AvgIpc) is 3.39. The summed E-state index contributed by atoms with van der Waals surface area (Å²) in [4.78, 5) is 0. The van der Waals surface area contributed by atoms with E-state index < -0.39 is 0 Å². The number of rotatable bonds is 5. The maximum atomic E-state index is 3.81. The molecule has 1 saturated carbocycles. The van der Waals surface area contributed by atoms with Crippen LogP contribution in [0.25, 0.3) is 11.6 Å². The fraction of sp³-hybridized carbons (Fsp3) is 0.250. The highest BCUT2D eigenvalue weighted by Gasteiger charge is 2.35. The van der Waals surface area contributed by atoms with Gasteiger partial charge in [0.2, 0.25) is 0 Å². The lowest BCUT2D eigenvalue weighted by atomic mass is 9.97. The number of hydrogen-bond acceptors (Lipinski definition) is 0. The molecule has 0 aliphatic heterocycles. The molecular formula is C24H24. The van der Waals surface area contributed by atoms with E-state index >= 15 is 0 Å². The van der Waals surface area contributed by atoms with E-state index in [0.29, 0.717) is 0 Å². The zero-order chi connectivity index (χ0) is 16.4. The van der Waals surface area contributed by atoms with Gasteiger partial charge in [-0.05, 0) is 65.3 Å². The van der Waals surface area contributed by atoms with Gasteiger partial charge in [0.05, 0.1) is 0 Å². The van der Waals surface area contributed by atoms with Gasteiger partial charge in [-0.2, -0.15) is 0 Å². The molecular weight excluding hydrogens is 288 g/mol. The SMILES string of the molecule is C=Cc1ccc(CCc2ccc(C3=CC=CC4CC4C3)cc2)cc1. The Bertz CT molecular complexity index is 772. The van der Waals surface area contributed by atoms with Crippen LogP contribution in [-0.2, 0) is 12.8 Å². The van der Waals surface area contributed by atoms with Crippen molar-refractivity contribution >= 4 is 11.6 Å². The molecule has 2 aliphatic rings. The Balaban J connectivity index is 1.39. The van der Waals surface area contributed by atoms with E-state index in [2.05, 4.69) is 73.3 Å². The molecule has 0 nitrogen and oxygen atoms in total. The predicted molar refractivity (Wildman–Crippen MR) is 104 cm³/mol. The first-order valence-electron chi connectivity index (χ1n) is 9.00. The molecule has 24 heavy (non-hydrogen) atoms. The van der Waals surface area contributed by atoms with Crippen LogP contribution < -0.4 is 0 Å². The molecule has 0 N–H and O–H groups in total. The molecule has 4 rings (SSSR count). The van der Waals surface area contributed by atoms with E-state index in [0.717, 1.165) is 24.7 Å². The van der Waals surface area contributed by atoms with Crippen LogP contribution in [0, 0.1) is 11.8 Å². The van der Waals surface area contributed by atoms with Crippen molar-refractivity contribution in [2.45, 2.75) is 25.7 Å². The Morgan fingerprint density at radius 1 is 0.917 bits per heavy atom. The van der Waals surface area contributed by atoms with Crippen molar-refractivity contribution in [1.29, 1.82) is 0 Å². The van der Waals surface area contributed by atoms with Gasteiger partial charge >= 0.3 is 0 Å². The maximum Gasteiger partial charge on any atom is -0.0196 e. The third-order valence-corrected chi connectivity index (χ3v) is 5.36. The molecule has 1 fully saturated rings. The molecule has 0 amide bonds. The Kier molecular flexibility index (Phi) is 4.21. The van der Waals surface area contributed by atoms with E-state index in [-0.39, 0.29) is 0 Å². The molecule has 0 heterocycles. The van der Waals surface area contributed by atoms with Crippen molar-refractivity contribution in [3.63, 3.8) is 0 Å². The lowest BCUT2D eigenvalue weighted by molar-refractivity contribution is 0.824. The Labute approximate surface area is 145 Å². The van der Waals surface area contributed by atoms with Crippen LogP contribution in [-0.4, -0.2) is 0 Å². The summed E-state index contributed by atoms with van der Waals surface area (Å²) in [6.45, 7) is 3.81. The average molecular weight is 312 g/mol. The Morgan fingerprint density at radius 3 is 2.25 bits per heavy atom. The van der Waals surface area contributed by atoms with Crippen LogP contribution in [0.3, 0.4) is 0 Å². The van der Waals surface area contributed by atoms with Gasteiger partial charge < -0.3 is 0 Å². The zero-order valence-corrected chi connectivity index (χ0v) is 14.1. The third kappa shape index (κ3) is 3.43. The van der Waals surface area contributed by atoms with Crippen molar-refractivity contribution in [2.24, 2.45) is 11.8 Å². The summed E-state index contributed by atoms with van der Waals surface area (Å²) < 4.78 is 0. The quantitative estimate of drug-likeness (QED) is 0.626. The fourth-order valence-electron chi connectivity index (χ4n) is 3.61. The standard InChI is InChI=1S/C24H24/c1-2-18-6-8-19(9-7-18)10-11-20-12-14-21(15-13-20)22-4-3-5-23-17-24(23)16-22/h2-9,12-15,23-24H,1,10-11,16-17H2. The fourth-order valence-corrected chi connectivity index (χ4v) is 3.61. The van der Waals surface area contributed by atoms with Gasteiger partial charge in [-0.25, -0.2) is 0 Å². The van der Waals surface area contributed by atoms with Gasteiger partial charge in [0.25, 0.3) is 0 Å². The summed E-state index contributed by atoms with van der Waals surface area (Å²) in [5.41, 5.74) is 6.89. The smallest absolute Gasteiger partial charge is 0.0196 e. The Morgan fingerprint density at radius 2 is 1.58 bits per heavy atom. The second-order valence-electron chi connectivity index (χ2n) is 7.08. The van der Waals surface area contributed by atoms with Crippen molar-refractivity contribution < 1.29 is 0 Å². The highest BCUT2D eigenvalue weighted by Crippen LogP contribution is 2.47. The second kappa shape index (κ2) is 6.65. The zero-order valence-electron chi connectivity index (χ0n) is 14.1. The summed E-state index contributed by atoms with van der Waals surface area (Å²) >= 11 is 0. The molecule has 0 saturated heterocycles. The first kappa shape index (κ1) is 15.2. The highest BCUT2D eigenvalue weighted by molar-refractivity contribution is 5.68. The van der Waals surface area contributed by atoms with E-state index in [1.807, 2.05) is 6.08 Å². The first-order chi connectivity index (χ1) is 11.8. The monoisotopic (exact) mass is 312 g/mol. The van der Waals surface area contributed by atoms with E-state index in [1.165, 1.54) is 40.7 Å². The van der Waals surface area contributed by atoms with Crippen molar-refractivity contribution in [2.75, 3.05) is 0 Å². The largest absolute Gasteiger partial charge is 0.0985 e. The third-order valence-electron chi connectivity index (χ3n) is 5.36. The molecule has 120 valence electrons. The van der Waals surface area contributed by atoms with Crippen LogP contribution in [0.1, 0.15) is 35.1 Å². The topological polar surface area (TPSA) is 0 Å². The van der Waals surface area contributed by atoms with Crippen LogP contribution in [0.15, 0.2) is 73.3 Å². The number of hydrogen-bond donors (Lipinski definition) is 0. The van der Waals surface area contributed by atoms with Gasteiger partial charge in [-0.15, -0.1) is 0 Å². The lowest BCUT2D eigenvalue weighted by Gasteiger charge is -2.08. The number of aryl methyl sites for hydroxylation is 2. The van der Waals surface area contributed by atoms with Crippen LogP contribution in [0.5, 0.6) is 0 Å². The van der Waals surface area contributed by atoms with Crippen molar-refractivity contribution in [3.05, 3.63) is 95.6 Å². The maximum absolute atomic E-state index is 3.81. The minimum atomic E-state index is 0.852. The molecule has 0 radical (unpaired) electrons. The molecule has 2 unspecified atom stereocenters. The van der Waals surface area contributed by atoms with Gasteiger partial charge in [-0.3, -0.25) is 0 Å². The summed E-state index contributed by atoms with van der Waals surface area (Å²) in [6, 6.07) is 17.9. The summed E-state index contributed by atoms with van der Waals surface area (Å²) in [5, 5.41) is 0. The molecule has 2 aliphatic carbocycles. The molecule has 2 aromatic rings. The molecule has 2 aromatic carbocycles. The summed E-state index contributed by atoms with van der Waals surface area (Å²) in [7, 11) is 0. The molecule has 0 heteroatoms. The van der Waals surface area contributed by atoms with Crippen molar-refractivity contribution in [1.82, 2.24) is 0 Å². The van der Waals surface area contributed by atoms with E-state index in [4.69, 9.17) is 0 Å². The molecule has 2 atom stereocenters. The molecule has 0 spiro atoms. The van der Waals surface area contributed by atoms with Gasteiger partial charge in [0.1, 0.15) is 0 Å².